The molecule has 0 spiro atoms. The van der Waals surface area contributed by atoms with Crippen LogP contribution in [0.4, 0.5) is 0 Å². The van der Waals surface area contributed by atoms with Crippen molar-refractivity contribution in [3.8, 4) is 5.75 Å². The lowest BCUT2D eigenvalue weighted by atomic mass is 10.3. The van der Waals surface area contributed by atoms with Crippen LogP contribution in [0.25, 0.3) is 0 Å². The summed E-state index contributed by atoms with van der Waals surface area (Å²) in [6, 6.07) is 7.24. The number of ether oxygens (including phenoxy) is 1. The molecule has 0 aliphatic rings. The van der Waals surface area contributed by atoms with Gasteiger partial charge >= 0.3 is 0 Å². The quantitative estimate of drug-likeness (QED) is 0.863. The third-order valence-electron chi connectivity index (χ3n) is 2.40. The molecule has 0 aliphatic carbocycles. The summed E-state index contributed by atoms with van der Waals surface area (Å²) >= 11 is 3.31. The maximum atomic E-state index is 11.6. The molecule has 0 radical (unpaired) electrons. The van der Waals surface area contributed by atoms with Crippen molar-refractivity contribution in [3.63, 3.8) is 0 Å². The fourth-order valence-electron chi connectivity index (χ4n) is 1.15. The second-order valence-electron chi connectivity index (χ2n) is 3.72. The number of nitrogens with two attached hydrogens (primary N) is 1. The van der Waals surface area contributed by atoms with E-state index in [0.29, 0.717) is 5.75 Å². The van der Waals surface area contributed by atoms with Gasteiger partial charge in [0.1, 0.15) is 12.4 Å². The lowest BCUT2D eigenvalue weighted by molar-refractivity contribution is 0.340. The Morgan fingerprint density at radius 3 is 2.47 bits per heavy atom. The van der Waals surface area contributed by atoms with Crippen LogP contribution in [-0.4, -0.2) is 32.6 Å². The van der Waals surface area contributed by atoms with Gasteiger partial charge < -0.3 is 10.5 Å². The van der Waals surface area contributed by atoms with Crippen LogP contribution in [0.3, 0.4) is 0 Å². The van der Waals surface area contributed by atoms with E-state index >= 15 is 0 Å². The van der Waals surface area contributed by atoms with Gasteiger partial charge in [0.2, 0.25) is 0 Å². The predicted octanol–water partition coefficient (Wildman–Crippen LogP) is 1.59. The molecule has 0 bridgehead atoms. The molecule has 6 heteroatoms. The van der Waals surface area contributed by atoms with Gasteiger partial charge in [0.05, 0.1) is 11.0 Å². The molecule has 1 atom stereocenters. The lowest BCUT2D eigenvalue weighted by Gasteiger charge is -2.11. The van der Waals surface area contributed by atoms with Gasteiger partial charge in [-0.1, -0.05) is 15.9 Å². The SMILES string of the molecule is CC(CN)S(=O)(=O)CCOc1ccc(Br)cc1. The van der Waals surface area contributed by atoms with E-state index in [2.05, 4.69) is 15.9 Å². The van der Waals surface area contributed by atoms with Crippen molar-refractivity contribution < 1.29 is 13.2 Å². The lowest BCUT2D eigenvalue weighted by Crippen LogP contribution is -2.30. The Labute approximate surface area is 110 Å². The Balaban J connectivity index is 2.45. The summed E-state index contributed by atoms with van der Waals surface area (Å²) in [5.41, 5.74) is 5.33. The Morgan fingerprint density at radius 1 is 1.35 bits per heavy atom. The third-order valence-corrected chi connectivity index (χ3v) is 5.08. The number of sulfone groups is 1. The molecule has 0 heterocycles. The van der Waals surface area contributed by atoms with Crippen molar-refractivity contribution in [3.05, 3.63) is 28.7 Å². The molecule has 2 N–H and O–H groups in total. The molecular weight excluding hydrogens is 306 g/mol. The smallest absolute Gasteiger partial charge is 0.157 e. The summed E-state index contributed by atoms with van der Waals surface area (Å²) in [4.78, 5) is 0. The minimum Gasteiger partial charge on any atom is -0.493 e. The van der Waals surface area contributed by atoms with E-state index in [1.807, 2.05) is 12.1 Å². The van der Waals surface area contributed by atoms with Crippen LogP contribution in [0.1, 0.15) is 6.92 Å². The molecule has 17 heavy (non-hydrogen) atoms. The van der Waals surface area contributed by atoms with Crippen LogP contribution in [0.15, 0.2) is 28.7 Å². The van der Waals surface area contributed by atoms with E-state index in [-0.39, 0.29) is 18.9 Å². The standard InChI is InChI=1S/C11H16BrNO3S/c1-9(8-13)17(14,15)7-6-16-11-4-2-10(12)3-5-11/h2-5,9H,6-8,13H2,1H3. The van der Waals surface area contributed by atoms with E-state index in [9.17, 15) is 8.42 Å². The first-order chi connectivity index (χ1) is 7.95. The minimum atomic E-state index is -3.15. The average Bonchev–Trinajstić information content (AvgIpc) is 2.30. The van der Waals surface area contributed by atoms with E-state index in [1.54, 1.807) is 19.1 Å². The largest absolute Gasteiger partial charge is 0.493 e. The van der Waals surface area contributed by atoms with E-state index in [4.69, 9.17) is 10.5 Å². The van der Waals surface area contributed by atoms with Crippen molar-refractivity contribution in [2.24, 2.45) is 5.73 Å². The molecule has 0 fully saturated rings. The number of rotatable bonds is 6. The molecule has 0 saturated heterocycles. The fraction of sp³-hybridized carbons (Fsp3) is 0.455. The predicted molar refractivity (Wildman–Crippen MR) is 71.9 cm³/mol. The highest BCUT2D eigenvalue weighted by atomic mass is 79.9. The Bertz CT molecular complexity index is 444. The van der Waals surface area contributed by atoms with Gasteiger partial charge in [-0.25, -0.2) is 8.42 Å². The van der Waals surface area contributed by atoms with Crippen LogP contribution in [0.5, 0.6) is 5.75 Å². The van der Waals surface area contributed by atoms with Crippen molar-refractivity contribution >= 4 is 25.8 Å². The zero-order chi connectivity index (χ0) is 12.9. The molecule has 0 aliphatic heterocycles. The van der Waals surface area contributed by atoms with Crippen molar-refractivity contribution in [2.75, 3.05) is 18.9 Å². The maximum Gasteiger partial charge on any atom is 0.157 e. The van der Waals surface area contributed by atoms with Gasteiger partial charge in [-0.3, -0.25) is 0 Å². The first-order valence-corrected chi connectivity index (χ1v) is 7.76. The molecule has 0 saturated carbocycles. The highest BCUT2D eigenvalue weighted by Crippen LogP contribution is 2.16. The molecule has 96 valence electrons. The van der Waals surface area contributed by atoms with E-state index in [1.165, 1.54) is 0 Å². The first kappa shape index (κ1) is 14.5. The first-order valence-electron chi connectivity index (χ1n) is 5.25. The molecule has 1 aromatic rings. The van der Waals surface area contributed by atoms with E-state index in [0.717, 1.165) is 4.47 Å². The van der Waals surface area contributed by atoms with Crippen LogP contribution >= 0.6 is 15.9 Å². The second kappa shape index (κ2) is 6.37. The van der Waals surface area contributed by atoms with Crippen molar-refractivity contribution in [2.45, 2.75) is 12.2 Å². The zero-order valence-electron chi connectivity index (χ0n) is 9.60. The van der Waals surface area contributed by atoms with Crippen LogP contribution < -0.4 is 10.5 Å². The fourth-order valence-corrected chi connectivity index (χ4v) is 2.43. The van der Waals surface area contributed by atoms with Gasteiger partial charge in [-0.05, 0) is 31.2 Å². The number of benzene rings is 1. The van der Waals surface area contributed by atoms with Crippen LogP contribution in [-0.2, 0) is 9.84 Å². The highest BCUT2D eigenvalue weighted by Gasteiger charge is 2.18. The second-order valence-corrected chi connectivity index (χ2v) is 7.17. The Hall–Kier alpha value is -0.590. The molecule has 1 rings (SSSR count). The monoisotopic (exact) mass is 321 g/mol. The minimum absolute atomic E-state index is 0.0125. The van der Waals surface area contributed by atoms with Gasteiger partial charge in [0.15, 0.2) is 9.84 Å². The topological polar surface area (TPSA) is 69.4 Å². The zero-order valence-corrected chi connectivity index (χ0v) is 12.0. The summed E-state index contributed by atoms with van der Waals surface area (Å²) < 4.78 is 29.6. The summed E-state index contributed by atoms with van der Waals surface area (Å²) in [7, 11) is -3.15. The van der Waals surface area contributed by atoms with Gasteiger partial charge in [0, 0.05) is 11.0 Å². The van der Waals surface area contributed by atoms with Gasteiger partial charge in [0.25, 0.3) is 0 Å². The van der Waals surface area contributed by atoms with Crippen LogP contribution in [0.2, 0.25) is 0 Å². The average molecular weight is 322 g/mol. The highest BCUT2D eigenvalue weighted by molar-refractivity contribution is 9.10. The normalized spacial score (nSPS) is 13.4. The summed E-state index contributed by atoms with van der Waals surface area (Å²) in [5.74, 6) is 0.644. The Morgan fingerprint density at radius 2 is 1.94 bits per heavy atom. The third kappa shape index (κ3) is 4.65. The molecule has 1 aromatic carbocycles. The number of hydrogen-bond acceptors (Lipinski definition) is 4. The number of hydrogen-bond donors (Lipinski definition) is 1. The molecular formula is C11H16BrNO3S. The van der Waals surface area contributed by atoms with E-state index < -0.39 is 15.1 Å². The molecule has 4 nitrogen and oxygen atoms in total. The van der Waals surface area contributed by atoms with Gasteiger partial charge in [-0.15, -0.1) is 0 Å². The van der Waals surface area contributed by atoms with Crippen LogP contribution in [0, 0.1) is 0 Å². The molecule has 0 aromatic heterocycles. The maximum absolute atomic E-state index is 11.6. The van der Waals surface area contributed by atoms with Crippen molar-refractivity contribution in [1.82, 2.24) is 0 Å². The van der Waals surface area contributed by atoms with Gasteiger partial charge in [-0.2, -0.15) is 0 Å². The van der Waals surface area contributed by atoms with Crippen molar-refractivity contribution in [1.29, 1.82) is 0 Å². The summed E-state index contributed by atoms with van der Waals surface area (Å²) in [6.45, 7) is 1.89. The Kier molecular flexibility index (Phi) is 5.42. The number of halogens is 1. The summed E-state index contributed by atoms with van der Waals surface area (Å²) in [5, 5.41) is -0.518. The molecule has 0 amide bonds. The molecule has 1 unspecified atom stereocenters. The summed E-state index contributed by atoms with van der Waals surface area (Å²) in [6.07, 6.45) is 0.